The number of aromatic nitrogens is 1. The minimum absolute atomic E-state index is 0.218. The summed E-state index contributed by atoms with van der Waals surface area (Å²) in [6, 6.07) is 0.760. The Morgan fingerprint density at radius 2 is 2.29 bits per heavy atom. The smallest absolute Gasteiger partial charge is 0.248 e. The molecule has 1 aromatic rings. The van der Waals surface area contributed by atoms with Crippen LogP contribution in [-0.4, -0.2) is 42.0 Å². The van der Waals surface area contributed by atoms with Gasteiger partial charge >= 0.3 is 0 Å². The molecule has 1 aromatic heterocycles. The third kappa shape index (κ3) is 2.13. The molecule has 1 aliphatic heterocycles. The highest BCUT2D eigenvalue weighted by molar-refractivity contribution is 7.89. The SMILES string of the molecule is O=c1cc[nH]cc1S(=O)(=O)N1CCC[C@H]1CO. The van der Waals surface area contributed by atoms with Crippen LogP contribution in [0.5, 0.6) is 0 Å². The molecule has 0 aliphatic carbocycles. The minimum Gasteiger partial charge on any atom is -0.395 e. The zero-order valence-corrected chi connectivity index (χ0v) is 9.98. The molecule has 2 N–H and O–H groups in total. The van der Waals surface area contributed by atoms with Gasteiger partial charge in [0.25, 0.3) is 0 Å². The van der Waals surface area contributed by atoms with Crippen LogP contribution < -0.4 is 5.43 Å². The van der Waals surface area contributed by atoms with Gasteiger partial charge in [-0.2, -0.15) is 4.31 Å². The molecule has 0 radical (unpaired) electrons. The third-order valence-corrected chi connectivity index (χ3v) is 4.88. The Bertz CT molecular complexity index is 551. The van der Waals surface area contributed by atoms with E-state index in [9.17, 15) is 13.2 Å². The van der Waals surface area contributed by atoms with Gasteiger partial charge in [0.15, 0.2) is 0 Å². The van der Waals surface area contributed by atoms with E-state index in [-0.39, 0.29) is 11.5 Å². The highest BCUT2D eigenvalue weighted by atomic mass is 32.2. The number of rotatable bonds is 3. The van der Waals surface area contributed by atoms with Gasteiger partial charge in [0, 0.05) is 31.0 Å². The number of hydrogen-bond acceptors (Lipinski definition) is 4. The molecule has 0 amide bonds. The molecular weight excluding hydrogens is 244 g/mol. The number of H-pyrrole nitrogens is 1. The Hall–Kier alpha value is -1.18. The van der Waals surface area contributed by atoms with Crippen molar-refractivity contribution in [3.05, 3.63) is 28.7 Å². The fourth-order valence-electron chi connectivity index (χ4n) is 2.04. The average Bonchev–Trinajstić information content (AvgIpc) is 2.78. The molecule has 7 heteroatoms. The highest BCUT2D eigenvalue weighted by Crippen LogP contribution is 2.23. The summed E-state index contributed by atoms with van der Waals surface area (Å²) in [7, 11) is -3.80. The molecule has 6 nitrogen and oxygen atoms in total. The number of pyridine rings is 1. The Balaban J connectivity index is 2.44. The number of aromatic amines is 1. The monoisotopic (exact) mass is 258 g/mol. The van der Waals surface area contributed by atoms with Crippen molar-refractivity contribution < 1.29 is 13.5 Å². The van der Waals surface area contributed by atoms with Gasteiger partial charge < -0.3 is 10.1 Å². The van der Waals surface area contributed by atoms with E-state index in [1.54, 1.807) is 0 Å². The molecule has 1 atom stereocenters. The van der Waals surface area contributed by atoms with E-state index >= 15 is 0 Å². The van der Waals surface area contributed by atoms with Crippen molar-refractivity contribution in [2.45, 2.75) is 23.8 Å². The third-order valence-electron chi connectivity index (χ3n) is 2.91. The van der Waals surface area contributed by atoms with Gasteiger partial charge in [-0.05, 0) is 12.8 Å². The highest BCUT2D eigenvalue weighted by Gasteiger charge is 2.35. The normalized spacial score (nSPS) is 21.8. The molecule has 0 bridgehead atoms. The van der Waals surface area contributed by atoms with E-state index in [2.05, 4.69) is 4.98 Å². The fraction of sp³-hybridized carbons (Fsp3) is 0.500. The second kappa shape index (κ2) is 4.59. The lowest BCUT2D eigenvalue weighted by atomic mass is 10.2. The standard InChI is InChI=1S/C10H14N2O4S/c13-7-8-2-1-5-12(8)17(15,16)10-6-11-4-3-9(10)14/h3-4,6,8,13H,1-2,5,7H2,(H,11,14)/t8-/m0/s1. The van der Waals surface area contributed by atoms with Gasteiger partial charge in [0.1, 0.15) is 4.90 Å². The Morgan fingerprint density at radius 1 is 1.53 bits per heavy atom. The van der Waals surface area contributed by atoms with Gasteiger partial charge in [-0.25, -0.2) is 8.42 Å². The summed E-state index contributed by atoms with van der Waals surface area (Å²) >= 11 is 0. The Kier molecular flexibility index (Phi) is 3.32. The summed E-state index contributed by atoms with van der Waals surface area (Å²) in [5.74, 6) is 0. The largest absolute Gasteiger partial charge is 0.395 e. The van der Waals surface area contributed by atoms with Crippen LogP contribution >= 0.6 is 0 Å². The summed E-state index contributed by atoms with van der Waals surface area (Å²) in [5, 5.41) is 9.12. The molecule has 94 valence electrons. The van der Waals surface area contributed by atoms with Crippen LogP contribution in [0.1, 0.15) is 12.8 Å². The number of aliphatic hydroxyl groups is 1. The maximum absolute atomic E-state index is 12.2. The zero-order valence-electron chi connectivity index (χ0n) is 9.17. The zero-order chi connectivity index (χ0) is 12.5. The first-order valence-corrected chi connectivity index (χ1v) is 6.81. The van der Waals surface area contributed by atoms with Crippen molar-refractivity contribution in [1.29, 1.82) is 0 Å². The van der Waals surface area contributed by atoms with Crippen molar-refractivity contribution in [3.63, 3.8) is 0 Å². The Labute approximate surface area is 98.9 Å². The molecule has 0 unspecified atom stereocenters. The maximum atomic E-state index is 12.2. The predicted molar refractivity (Wildman–Crippen MR) is 61.1 cm³/mol. The second-order valence-corrected chi connectivity index (χ2v) is 5.83. The number of hydrogen-bond donors (Lipinski definition) is 2. The first-order chi connectivity index (χ1) is 8.07. The fourth-order valence-corrected chi connectivity index (χ4v) is 3.76. The molecule has 2 heterocycles. The topological polar surface area (TPSA) is 90.5 Å². The van der Waals surface area contributed by atoms with Crippen molar-refractivity contribution in [2.24, 2.45) is 0 Å². The first-order valence-electron chi connectivity index (χ1n) is 5.37. The van der Waals surface area contributed by atoms with Gasteiger partial charge in [-0.1, -0.05) is 0 Å². The lowest BCUT2D eigenvalue weighted by Gasteiger charge is -2.21. The summed E-state index contributed by atoms with van der Waals surface area (Å²) in [6.45, 7) is 0.131. The van der Waals surface area contributed by atoms with Crippen LogP contribution in [0.3, 0.4) is 0 Å². The lowest BCUT2D eigenvalue weighted by molar-refractivity contribution is 0.213. The summed E-state index contributed by atoms with van der Waals surface area (Å²) < 4.78 is 25.6. The van der Waals surface area contributed by atoms with E-state index in [0.29, 0.717) is 19.4 Å². The molecule has 1 fully saturated rings. The molecular formula is C10H14N2O4S. The molecule has 0 saturated carbocycles. The Morgan fingerprint density at radius 3 is 2.94 bits per heavy atom. The van der Waals surface area contributed by atoms with Gasteiger partial charge in [0.2, 0.25) is 15.5 Å². The summed E-state index contributed by atoms with van der Waals surface area (Å²) in [6.07, 6.45) is 3.90. The maximum Gasteiger partial charge on any atom is 0.248 e. The van der Waals surface area contributed by atoms with Crippen molar-refractivity contribution in [1.82, 2.24) is 9.29 Å². The van der Waals surface area contributed by atoms with E-state index in [1.807, 2.05) is 0 Å². The van der Waals surface area contributed by atoms with E-state index in [0.717, 1.165) is 0 Å². The van der Waals surface area contributed by atoms with Crippen LogP contribution in [0.15, 0.2) is 28.2 Å². The summed E-state index contributed by atoms with van der Waals surface area (Å²) in [4.78, 5) is 13.9. The van der Waals surface area contributed by atoms with Gasteiger partial charge in [0.05, 0.1) is 6.61 Å². The lowest BCUT2D eigenvalue weighted by Crippen LogP contribution is -2.39. The van der Waals surface area contributed by atoms with E-state index in [1.165, 1.54) is 22.8 Å². The summed E-state index contributed by atoms with van der Waals surface area (Å²) in [5.41, 5.74) is -0.535. The van der Waals surface area contributed by atoms with Crippen LogP contribution in [0.25, 0.3) is 0 Å². The van der Waals surface area contributed by atoms with Crippen molar-refractivity contribution in [3.8, 4) is 0 Å². The van der Waals surface area contributed by atoms with E-state index in [4.69, 9.17) is 5.11 Å². The number of aliphatic hydroxyl groups excluding tert-OH is 1. The van der Waals surface area contributed by atoms with Crippen LogP contribution in [0.2, 0.25) is 0 Å². The van der Waals surface area contributed by atoms with Crippen molar-refractivity contribution >= 4 is 10.0 Å². The van der Waals surface area contributed by atoms with Crippen LogP contribution in [-0.2, 0) is 10.0 Å². The van der Waals surface area contributed by atoms with Gasteiger partial charge in [-0.15, -0.1) is 0 Å². The first kappa shape index (κ1) is 12.3. The molecule has 2 rings (SSSR count). The predicted octanol–water partition coefficient (Wildman–Crippen LogP) is -0.480. The van der Waals surface area contributed by atoms with Gasteiger partial charge in [-0.3, -0.25) is 4.79 Å². The molecule has 1 aliphatic rings. The molecule has 1 saturated heterocycles. The number of sulfonamides is 1. The van der Waals surface area contributed by atoms with Crippen LogP contribution in [0, 0.1) is 0 Å². The molecule has 0 spiro atoms. The number of nitrogens with one attached hydrogen (secondary N) is 1. The second-order valence-electron chi connectivity index (χ2n) is 3.97. The number of nitrogens with zero attached hydrogens (tertiary/aromatic N) is 1. The van der Waals surface area contributed by atoms with E-state index < -0.39 is 21.5 Å². The van der Waals surface area contributed by atoms with Crippen LogP contribution in [0.4, 0.5) is 0 Å². The van der Waals surface area contributed by atoms with Crippen molar-refractivity contribution in [2.75, 3.05) is 13.2 Å². The minimum atomic E-state index is -3.80. The molecule has 0 aromatic carbocycles. The quantitative estimate of drug-likeness (QED) is 0.766. The molecule has 17 heavy (non-hydrogen) atoms. The average molecular weight is 258 g/mol.